The van der Waals surface area contributed by atoms with Crippen molar-refractivity contribution in [2.45, 2.75) is 18.7 Å². The molecular weight excluding hydrogens is 336 g/mol. The second-order valence-corrected chi connectivity index (χ2v) is 7.67. The molecule has 3 nitrogen and oxygen atoms in total. The van der Waals surface area contributed by atoms with Crippen molar-refractivity contribution in [1.82, 2.24) is 9.88 Å². The Morgan fingerprint density at radius 1 is 1.21 bits per heavy atom. The molecule has 1 atom stereocenters. The van der Waals surface area contributed by atoms with Crippen molar-refractivity contribution in [2.75, 3.05) is 13.3 Å². The first-order chi connectivity index (χ1) is 11.6. The fourth-order valence-electron chi connectivity index (χ4n) is 2.52. The first kappa shape index (κ1) is 17.0. The summed E-state index contributed by atoms with van der Waals surface area (Å²) < 4.78 is 1.15. The fraction of sp³-hybridized carbons (Fsp3) is 0.263. The highest BCUT2D eigenvalue weighted by Gasteiger charge is 2.21. The summed E-state index contributed by atoms with van der Waals surface area (Å²) in [4.78, 5) is 19.2. The van der Waals surface area contributed by atoms with Gasteiger partial charge in [-0.1, -0.05) is 24.3 Å². The minimum atomic E-state index is -0.0548. The summed E-state index contributed by atoms with van der Waals surface area (Å²) in [6.45, 7) is 2.03. The molecule has 0 aliphatic carbocycles. The van der Waals surface area contributed by atoms with Crippen molar-refractivity contribution in [1.29, 1.82) is 0 Å². The van der Waals surface area contributed by atoms with Crippen LogP contribution in [0, 0.1) is 0 Å². The predicted octanol–water partition coefficient (Wildman–Crippen LogP) is 4.99. The van der Waals surface area contributed by atoms with Crippen LogP contribution in [0.25, 0.3) is 10.2 Å². The van der Waals surface area contributed by atoms with E-state index in [1.54, 1.807) is 28.0 Å². The zero-order valence-corrected chi connectivity index (χ0v) is 15.7. The van der Waals surface area contributed by atoms with E-state index in [4.69, 9.17) is 0 Å². The summed E-state index contributed by atoms with van der Waals surface area (Å²) in [5, 5.41) is 0.964. The minimum Gasteiger partial charge on any atom is -0.333 e. The molecule has 0 aliphatic heterocycles. The van der Waals surface area contributed by atoms with E-state index in [-0.39, 0.29) is 11.9 Å². The maximum atomic E-state index is 12.7. The molecule has 124 valence electrons. The normalized spacial score (nSPS) is 12.3. The monoisotopic (exact) mass is 356 g/mol. The van der Waals surface area contributed by atoms with Gasteiger partial charge in [0, 0.05) is 18.4 Å². The van der Waals surface area contributed by atoms with E-state index in [1.807, 2.05) is 56.4 Å². The standard InChI is InChI=1S/C19H20N2OS2/c1-13(18-20-16-6-4-5-7-17(16)24-18)21(2)19(22)15-10-8-14(9-11-15)12-23-3/h4-11,13H,12H2,1-3H3/t13-/m1/s1. The molecule has 0 N–H and O–H groups in total. The van der Waals surface area contributed by atoms with Gasteiger partial charge >= 0.3 is 0 Å². The largest absolute Gasteiger partial charge is 0.333 e. The highest BCUT2D eigenvalue weighted by Crippen LogP contribution is 2.29. The van der Waals surface area contributed by atoms with Crippen molar-refractivity contribution in [3.05, 3.63) is 64.7 Å². The van der Waals surface area contributed by atoms with Crippen molar-refractivity contribution >= 4 is 39.2 Å². The van der Waals surface area contributed by atoms with Crippen LogP contribution < -0.4 is 0 Å². The van der Waals surface area contributed by atoms with Crippen LogP contribution in [0.15, 0.2) is 48.5 Å². The Hall–Kier alpha value is -1.85. The number of thiazole rings is 1. The lowest BCUT2D eigenvalue weighted by Gasteiger charge is -2.23. The number of fused-ring (bicyclic) bond motifs is 1. The van der Waals surface area contributed by atoms with Gasteiger partial charge in [-0.05, 0) is 43.0 Å². The number of hydrogen-bond donors (Lipinski definition) is 0. The zero-order valence-electron chi connectivity index (χ0n) is 14.0. The van der Waals surface area contributed by atoms with Gasteiger partial charge < -0.3 is 4.90 Å². The Balaban J connectivity index is 1.78. The number of rotatable bonds is 5. The lowest BCUT2D eigenvalue weighted by atomic mass is 10.1. The summed E-state index contributed by atoms with van der Waals surface area (Å²) in [5.41, 5.74) is 2.95. The Kier molecular flexibility index (Phi) is 5.21. The molecule has 0 saturated heterocycles. The average molecular weight is 357 g/mol. The molecule has 2 aromatic carbocycles. The van der Waals surface area contributed by atoms with Crippen molar-refractivity contribution < 1.29 is 4.79 Å². The van der Waals surface area contributed by atoms with Crippen molar-refractivity contribution in [2.24, 2.45) is 0 Å². The Morgan fingerprint density at radius 2 is 1.92 bits per heavy atom. The van der Waals surface area contributed by atoms with Gasteiger partial charge in [-0.15, -0.1) is 11.3 Å². The molecule has 5 heteroatoms. The molecule has 0 saturated carbocycles. The number of aromatic nitrogens is 1. The molecule has 0 aliphatic rings. The highest BCUT2D eigenvalue weighted by molar-refractivity contribution is 7.97. The van der Waals surface area contributed by atoms with Crippen LogP contribution in [0.2, 0.25) is 0 Å². The van der Waals surface area contributed by atoms with E-state index >= 15 is 0 Å². The predicted molar refractivity (Wildman–Crippen MR) is 104 cm³/mol. The molecule has 0 unspecified atom stereocenters. The van der Waals surface area contributed by atoms with E-state index in [2.05, 4.69) is 17.3 Å². The Morgan fingerprint density at radius 3 is 2.58 bits per heavy atom. The zero-order chi connectivity index (χ0) is 17.1. The van der Waals surface area contributed by atoms with Gasteiger partial charge in [0.25, 0.3) is 5.91 Å². The maximum Gasteiger partial charge on any atom is 0.254 e. The molecule has 0 spiro atoms. The van der Waals surface area contributed by atoms with Crippen LogP contribution in [0.5, 0.6) is 0 Å². The average Bonchev–Trinajstić information content (AvgIpc) is 3.05. The number of carbonyl (C=O) groups excluding carboxylic acids is 1. The molecule has 0 fully saturated rings. The van der Waals surface area contributed by atoms with Crippen LogP contribution in [0.3, 0.4) is 0 Å². The number of hydrogen-bond acceptors (Lipinski definition) is 4. The van der Waals surface area contributed by atoms with Gasteiger partial charge in [-0.2, -0.15) is 11.8 Å². The smallest absolute Gasteiger partial charge is 0.254 e. The molecule has 1 amide bonds. The van der Waals surface area contributed by atoms with Crippen LogP contribution in [0.1, 0.15) is 33.9 Å². The lowest BCUT2D eigenvalue weighted by Crippen LogP contribution is -2.29. The highest BCUT2D eigenvalue weighted by atomic mass is 32.2. The van der Waals surface area contributed by atoms with E-state index < -0.39 is 0 Å². The quantitative estimate of drug-likeness (QED) is 0.645. The van der Waals surface area contributed by atoms with Gasteiger partial charge in [0.05, 0.1) is 16.3 Å². The fourth-order valence-corrected chi connectivity index (χ4v) is 4.11. The molecule has 3 aromatic rings. The number of thioether (sulfide) groups is 1. The molecule has 3 rings (SSSR count). The number of benzene rings is 2. The summed E-state index contributed by atoms with van der Waals surface area (Å²) in [6, 6.07) is 15.9. The Bertz CT molecular complexity index is 809. The molecular formula is C19H20N2OS2. The minimum absolute atomic E-state index is 0.0254. The first-order valence-corrected chi connectivity index (χ1v) is 10.0. The number of nitrogens with zero attached hydrogens (tertiary/aromatic N) is 2. The second-order valence-electron chi connectivity index (χ2n) is 5.74. The number of amides is 1. The summed E-state index contributed by atoms with van der Waals surface area (Å²) in [7, 11) is 1.84. The van der Waals surface area contributed by atoms with Gasteiger partial charge in [-0.3, -0.25) is 4.79 Å². The third kappa shape index (κ3) is 3.47. The van der Waals surface area contributed by atoms with Gasteiger partial charge in [0.15, 0.2) is 0 Å². The van der Waals surface area contributed by atoms with Gasteiger partial charge in [0.1, 0.15) is 5.01 Å². The summed E-state index contributed by atoms with van der Waals surface area (Å²) >= 11 is 3.42. The molecule has 0 bridgehead atoms. The van der Waals surface area contributed by atoms with Crippen LogP contribution in [0.4, 0.5) is 0 Å². The van der Waals surface area contributed by atoms with Gasteiger partial charge in [-0.25, -0.2) is 4.98 Å². The van der Waals surface area contributed by atoms with E-state index in [9.17, 15) is 4.79 Å². The number of para-hydroxylation sites is 1. The third-order valence-electron chi connectivity index (χ3n) is 4.08. The SMILES string of the molecule is CSCc1ccc(C(=O)N(C)[C@H](C)c2nc3ccccc3s2)cc1. The van der Waals surface area contributed by atoms with Crippen LogP contribution in [-0.4, -0.2) is 29.1 Å². The third-order valence-corrected chi connectivity index (χ3v) is 5.91. The van der Waals surface area contributed by atoms with E-state index in [0.717, 1.165) is 26.5 Å². The van der Waals surface area contributed by atoms with Gasteiger partial charge in [0.2, 0.25) is 0 Å². The summed E-state index contributed by atoms with van der Waals surface area (Å²) in [5.74, 6) is 0.990. The topological polar surface area (TPSA) is 33.2 Å². The molecule has 24 heavy (non-hydrogen) atoms. The van der Waals surface area contributed by atoms with Crippen molar-refractivity contribution in [3.8, 4) is 0 Å². The van der Waals surface area contributed by atoms with Crippen LogP contribution >= 0.6 is 23.1 Å². The van der Waals surface area contributed by atoms with Crippen molar-refractivity contribution in [3.63, 3.8) is 0 Å². The van der Waals surface area contributed by atoms with Crippen LogP contribution in [-0.2, 0) is 5.75 Å². The molecule has 1 aromatic heterocycles. The maximum absolute atomic E-state index is 12.7. The summed E-state index contributed by atoms with van der Waals surface area (Å²) in [6.07, 6.45) is 2.08. The Labute approximate surface area is 150 Å². The first-order valence-electron chi connectivity index (χ1n) is 7.80. The number of carbonyl (C=O) groups is 1. The molecule has 1 heterocycles. The van der Waals surface area contributed by atoms with E-state index in [0.29, 0.717) is 0 Å². The van der Waals surface area contributed by atoms with E-state index in [1.165, 1.54) is 5.56 Å². The lowest BCUT2D eigenvalue weighted by molar-refractivity contribution is 0.0742. The molecule has 0 radical (unpaired) electrons. The second kappa shape index (κ2) is 7.36.